The molecule has 0 spiro atoms. The van der Waals surface area contributed by atoms with Gasteiger partial charge in [-0.3, -0.25) is 4.79 Å². The standard InChI is InChI=1S/C24H20O4S.C7H16/c1-2-13-28-19-10-5-15(6-11-19)23(27)22-20-12-9-18(26)14-21(20)29-24(22)16-3-7-17(25)8-4-16;1-3-5-7-6-4-2/h3-12,14,25-26H,2,13H2,1H3;3-7H2,1-2H3. The van der Waals surface area contributed by atoms with Crippen LogP contribution in [-0.2, 0) is 0 Å². The van der Waals surface area contributed by atoms with Crippen LogP contribution in [-0.4, -0.2) is 22.6 Å². The second-order valence-corrected chi connectivity index (χ2v) is 9.85. The number of hydrogen-bond donors (Lipinski definition) is 2. The summed E-state index contributed by atoms with van der Waals surface area (Å²) in [5.41, 5.74) is 2.01. The molecule has 4 aromatic rings. The summed E-state index contributed by atoms with van der Waals surface area (Å²) in [6.07, 6.45) is 7.93. The molecular weight excluding hydrogens is 468 g/mol. The molecule has 0 saturated carbocycles. The Bertz CT molecular complexity index is 1240. The van der Waals surface area contributed by atoms with E-state index >= 15 is 0 Å². The zero-order chi connectivity index (χ0) is 25.9. The van der Waals surface area contributed by atoms with Crippen molar-refractivity contribution in [2.45, 2.75) is 59.3 Å². The quantitative estimate of drug-likeness (QED) is 0.167. The van der Waals surface area contributed by atoms with E-state index in [0.29, 0.717) is 17.7 Å². The Kier molecular flexibility index (Phi) is 10.4. The van der Waals surface area contributed by atoms with E-state index in [4.69, 9.17) is 4.74 Å². The Morgan fingerprint density at radius 2 is 1.42 bits per heavy atom. The molecule has 0 amide bonds. The summed E-state index contributed by atoms with van der Waals surface area (Å²) in [6, 6.07) is 19.0. The summed E-state index contributed by atoms with van der Waals surface area (Å²) < 4.78 is 6.44. The van der Waals surface area contributed by atoms with Crippen LogP contribution in [0.4, 0.5) is 0 Å². The monoisotopic (exact) mass is 504 g/mol. The van der Waals surface area contributed by atoms with E-state index in [0.717, 1.165) is 32.7 Å². The number of rotatable bonds is 10. The Balaban J connectivity index is 0.000000454. The van der Waals surface area contributed by atoms with E-state index in [1.54, 1.807) is 54.6 Å². The second-order valence-electron chi connectivity index (χ2n) is 8.80. The maximum atomic E-state index is 13.4. The molecule has 3 aromatic carbocycles. The molecule has 190 valence electrons. The van der Waals surface area contributed by atoms with Crippen molar-refractivity contribution in [3.05, 3.63) is 77.9 Å². The zero-order valence-electron chi connectivity index (χ0n) is 21.4. The summed E-state index contributed by atoms with van der Waals surface area (Å²) in [5, 5.41) is 20.3. The second kappa shape index (κ2) is 13.7. The normalized spacial score (nSPS) is 10.6. The van der Waals surface area contributed by atoms with E-state index in [-0.39, 0.29) is 17.3 Å². The third-order valence-corrected chi connectivity index (χ3v) is 7.03. The van der Waals surface area contributed by atoms with Crippen LogP contribution in [0.5, 0.6) is 17.2 Å². The topological polar surface area (TPSA) is 66.8 Å². The fourth-order valence-electron chi connectivity index (χ4n) is 3.87. The molecule has 0 radical (unpaired) electrons. The van der Waals surface area contributed by atoms with Crippen LogP contribution in [0.15, 0.2) is 66.7 Å². The largest absolute Gasteiger partial charge is 0.508 e. The number of phenolic OH excluding ortho intramolecular Hbond substituents is 2. The van der Waals surface area contributed by atoms with Gasteiger partial charge in [0, 0.05) is 26.1 Å². The van der Waals surface area contributed by atoms with Gasteiger partial charge in [0.1, 0.15) is 17.2 Å². The number of thiophene rings is 1. The number of carbonyl (C=O) groups is 1. The van der Waals surface area contributed by atoms with Gasteiger partial charge in [0.25, 0.3) is 0 Å². The third kappa shape index (κ3) is 7.11. The number of hydrogen-bond acceptors (Lipinski definition) is 5. The van der Waals surface area contributed by atoms with Crippen LogP contribution in [0.1, 0.15) is 75.2 Å². The molecule has 5 heteroatoms. The van der Waals surface area contributed by atoms with Crippen molar-refractivity contribution in [1.29, 1.82) is 0 Å². The van der Waals surface area contributed by atoms with E-state index < -0.39 is 0 Å². The molecular formula is C31H36O4S. The van der Waals surface area contributed by atoms with E-state index in [2.05, 4.69) is 13.8 Å². The first-order valence-corrected chi connectivity index (χ1v) is 13.6. The van der Waals surface area contributed by atoms with Gasteiger partial charge in [-0.25, -0.2) is 0 Å². The fourth-order valence-corrected chi connectivity index (χ4v) is 5.11. The Labute approximate surface area is 218 Å². The first-order valence-electron chi connectivity index (χ1n) is 12.8. The molecule has 36 heavy (non-hydrogen) atoms. The van der Waals surface area contributed by atoms with Crippen molar-refractivity contribution in [2.75, 3.05) is 6.61 Å². The number of ketones is 1. The molecule has 0 aliphatic carbocycles. The summed E-state index contributed by atoms with van der Waals surface area (Å²) in [5.74, 6) is 0.977. The van der Waals surface area contributed by atoms with Gasteiger partial charge < -0.3 is 14.9 Å². The highest BCUT2D eigenvalue weighted by Crippen LogP contribution is 2.41. The molecule has 0 unspecified atom stereocenters. The summed E-state index contributed by atoms with van der Waals surface area (Å²) >= 11 is 1.45. The predicted octanol–water partition coefficient (Wildman–Crippen LogP) is 8.98. The van der Waals surface area contributed by atoms with Crippen molar-refractivity contribution in [3.63, 3.8) is 0 Å². The number of ether oxygens (including phenoxy) is 1. The average molecular weight is 505 g/mol. The number of fused-ring (bicyclic) bond motifs is 1. The van der Waals surface area contributed by atoms with Crippen LogP contribution in [0, 0.1) is 0 Å². The van der Waals surface area contributed by atoms with Crippen molar-refractivity contribution >= 4 is 27.2 Å². The lowest BCUT2D eigenvalue weighted by atomic mass is 9.97. The first kappa shape index (κ1) is 27.3. The molecule has 4 nitrogen and oxygen atoms in total. The van der Waals surface area contributed by atoms with Gasteiger partial charge in [-0.1, -0.05) is 52.9 Å². The molecule has 0 bridgehead atoms. The molecule has 0 atom stereocenters. The van der Waals surface area contributed by atoms with Crippen molar-refractivity contribution in [1.82, 2.24) is 0 Å². The lowest BCUT2D eigenvalue weighted by Crippen LogP contribution is -2.02. The molecule has 4 rings (SSSR count). The highest BCUT2D eigenvalue weighted by Gasteiger charge is 2.22. The van der Waals surface area contributed by atoms with Crippen LogP contribution >= 0.6 is 11.3 Å². The Morgan fingerprint density at radius 3 is 2.03 bits per heavy atom. The molecule has 0 saturated heterocycles. The highest BCUT2D eigenvalue weighted by atomic mass is 32.1. The van der Waals surface area contributed by atoms with Crippen molar-refractivity contribution in [3.8, 4) is 27.7 Å². The molecule has 0 fully saturated rings. The van der Waals surface area contributed by atoms with Crippen molar-refractivity contribution in [2.24, 2.45) is 0 Å². The summed E-state index contributed by atoms with van der Waals surface area (Å²) in [7, 11) is 0. The van der Waals surface area contributed by atoms with Gasteiger partial charge in [0.05, 0.1) is 6.61 Å². The molecule has 0 aliphatic heterocycles. The SMILES string of the molecule is CCCCCCC.CCCOc1ccc(C(=O)c2c(-c3ccc(O)cc3)sc3cc(O)ccc23)cc1. The Hall–Kier alpha value is -3.31. The minimum atomic E-state index is -0.0907. The molecule has 1 aromatic heterocycles. The first-order chi connectivity index (χ1) is 17.5. The fraction of sp³-hybridized carbons (Fsp3) is 0.323. The number of benzene rings is 3. The molecule has 2 N–H and O–H groups in total. The minimum Gasteiger partial charge on any atom is -0.508 e. The number of unbranched alkanes of at least 4 members (excludes halogenated alkanes) is 4. The van der Waals surface area contributed by atoms with Gasteiger partial charge >= 0.3 is 0 Å². The van der Waals surface area contributed by atoms with Crippen LogP contribution in [0.3, 0.4) is 0 Å². The van der Waals surface area contributed by atoms with Gasteiger partial charge in [-0.05, 0) is 78.7 Å². The van der Waals surface area contributed by atoms with Crippen LogP contribution in [0.25, 0.3) is 20.5 Å². The average Bonchev–Trinajstić information content (AvgIpc) is 3.27. The summed E-state index contributed by atoms with van der Waals surface area (Å²) in [4.78, 5) is 14.3. The third-order valence-electron chi connectivity index (χ3n) is 5.83. The Morgan fingerprint density at radius 1 is 0.778 bits per heavy atom. The number of aromatic hydroxyl groups is 2. The zero-order valence-corrected chi connectivity index (χ0v) is 22.2. The van der Waals surface area contributed by atoms with Crippen LogP contribution in [0.2, 0.25) is 0 Å². The predicted molar refractivity (Wildman–Crippen MR) is 151 cm³/mol. The smallest absolute Gasteiger partial charge is 0.195 e. The van der Waals surface area contributed by atoms with Gasteiger partial charge in [-0.15, -0.1) is 11.3 Å². The van der Waals surface area contributed by atoms with Gasteiger partial charge in [0.2, 0.25) is 0 Å². The van der Waals surface area contributed by atoms with E-state index in [9.17, 15) is 15.0 Å². The molecule has 1 heterocycles. The number of phenols is 2. The molecule has 0 aliphatic rings. The number of carbonyl (C=O) groups excluding carboxylic acids is 1. The lowest BCUT2D eigenvalue weighted by Gasteiger charge is -2.07. The highest BCUT2D eigenvalue weighted by molar-refractivity contribution is 7.22. The van der Waals surface area contributed by atoms with E-state index in [1.165, 1.54) is 43.4 Å². The van der Waals surface area contributed by atoms with Crippen molar-refractivity contribution < 1.29 is 19.7 Å². The van der Waals surface area contributed by atoms with E-state index in [1.807, 2.05) is 19.1 Å². The van der Waals surface area contributed by atoms with Gasteiger partial charge in [0.15, 0.2) is 5.78 Å². The minimum absolute atomic E-state index is 0.0907. The van der Waals surface area contributed by atoms with Crippen LogP contribution < -0.4 is 4.74 Å². The van der Waals surface area contributed by atoms with Gasteiger partial charge in [-0.2, -0.15) is 0 Å². The summed E-state index contributed by atoms with van der Waals surface area (Å²) in [6.45, 7) is 7.17. The maximum absolute atomic E-state index is 13.4. The maximum Gasteiger partial charge on any atom is 0.195 e. The lowest BCUT2D eigenvalue weighted by molar-refractivity contribution is 0.104.